The highest BCUT2D eigenvalue weighted by Gasteiger charge is 2.25. The molecule has 80 valence electrons. The number of nitrogens with one attached hydrogen (secondary N) is 1. The third kappa shape index (κ3) is 2.36. The molecule has 1 fully saturated rings. The summed E-state index contributed by atoms with van der Waals surface area (Å²) in [6.07, 6.45) is 1.68. The third-order valence-corrected chi connectivity index (χ3v) is 3.01. The van der Waals surface area contributed by atoms with Crippen LogP contribution in [0.1, 0.15) is 24.4 Å². The van der Waals surface area contributed by atoms with Gasteiger partial charge in [0.05, 0.1) is 0 Å². The van der Waals surface area contributed by atoms with Crippen LogP contribution in [0.2, 0.25) is 0 Å². The molecular weight excluding hydrogens is 188 g/mol. The van der Waals surface area contributed by atoms with Gasteiger partial charge in [-0.25, -0.2) is 0 Å². The van der Waals surface area contributed by atoms with E-state index in [4.69, 9.17) is 5.73 Å². The Kier molecular flexibility index (Phi) is 3.02. The molecule has 1 aromatic carbocycles. The van der Waals surface area contributed by atoms with Crippen molar-refractivity contribution in [2.75, 3.05) is 6.54 Å². The highest BCUT2D eigenvalue weighted by atomic mass is 16.1. The molecule has 3 N–H and O–H groups in total. The minimum absolute atomic E-state index is 0.0245. The number of nitrogens with two attached hydrogens (primary N) is 1. The first-order valence-corrected chi connectivity index (χ1v) is 5.35. The van der Waals surface area contributed by atoms with Crippen LogP contribution in [0.5, 0.6) is 0 Å². The van der Waals surface area contributed by atoms with Gasteiger partial charge in [0.25, 0.3) is 0 Å². The Bertz CT molecular complexity index is 337. The molecule has 0 aliphatic carbocycles. The summed E-state index contributed by atoms with van der Waals surface area (Å²) in [4.78, 5) is 11.1. The van der Waals surface area contributed by atoms with Gasteiger partial charge in [-0.3, -0.25) is 4.79 Å². The number of benzene rings is 1. The van der Waals surface area contributed by atoms with Crippen LogP contribution in [-0.4, -0.2) is 12.5 Å². The van der Waals surface area contributed by atoms with Crippen LogP contribution in [0.4, 0.5) is 0 Å². The van der Waals surface area contributed by atoms with E-state index in [0.717, 1.165) is 19.4 Å². The molecule has 1 heterocycles. The average molecular weight is 204 g/mol. The largest absolute Gasteiger partial charge is 0.369 e. The molecule has 0 bridgehead atoms. The van der Waals surface area contributed by atoms with E-state index in [2.05, 4.69) is 17.4 Å². The second-order valence-corrected chi connectivity index (χ2v) is 4.04. The van der Waals surface area contributed by atoms with Crippen LogP contribution in [0.15, 0.2) is 30.3 Å². The fourth-order valence-electron chi connectivity index (χ4n) is 2.12. The lowest BCUT2D eigenvalue weighted by atomic mass is 9.88. The third-order valence-electron chi connectivity index (χ3n) is 3.01. The number of piperidine rings is 1. The Morgan fingerprint density at radius 2 is 2.07 bits per heavy atom. The van der Waals surface area contributed by atoms with Gasteiger partial charge in [0.1, 0.15) is 0 Å². The van der Waals surface area contributed by atoms with Gasteiger partial charge in [0.2, 0.25) is 5.91 Å². The van der Waals surface area contributed by atoms with Gasteiger partial charge in [-0.15, -0.1) is 0 Å². The monoisotopic (exact) mass is 204 g/mol. The Morgan fingerprint density at radius 3 is 2.73 bits per heavy atom. The summed E-state index contributed by atoms with van der Waals surface area (Å²) in [6, 6.07) is 10.5. The summed E-state index contributed by atoms with van der Waals surface area (Å²) >= 11 is 0. The van der Waals surface area contributed by atoms with Crippen LogP contribution in [0.25, 0.3) is 0 Å². The van der Waals surface area contributed by atoms with Crippen molar-refractivity contribution in [1.29, 1.82) is 0 Å². The number of carbonyl (C=O) groups is 1. The maximum absolute atomic E-state index is 11.1. The Balaban J connectivity index is 2.08. The van der Waals surface area contributed by atoms with Gasteiger partial charge >= 0.3 is 0 Å². The maximum atomic E-state index is 11.1. The van der Waals surface area contributed by atoms with Gasteiger partial charge in [-0.2, -0.15) is 0 Å². The molecule has 1 saturated heterocycles. The lowest BCUT2D eigenvalue weighted by Gasteiger charge is -2.28. The van der Waals surface area contributed by atoms with Crippen molar-refractivity contribution in [3.63, 3.8) is 0 Å². The summed E-state index contributed by atoms with van der Waals surface area (Å²) < 4.78 is 0. The second kappa shape index (κ2) is 4.45. The molecular formula is C12H16N2O. The molecule has 1 amide bonds. The van der Waals surface area contributed by atoms with Crippen molar-refractivity contribution in [3.8, 4) is 0 Å². The Morgan fingerprint density at radius 1 is 1.33 bits per heavy atom. The van der Waals surface area contributed by atoms with Crippen molar-refractivity contribution in [3.05, 3.63) is 35.9 Å². The highest BCUT2D eigenvalue weighted by molar-refractivity contribution is 5.76. The van der Waals surface area contributed by atoms with Crippen molar-refractivity contribution < 1.29 is 4.79 Å². The van der Waals surface area contributed by atoms with Gasteiger partial charge in [0, 0.05) is 12.0 Å². The first kappa shape index (κ1) is 10.2. The molecule has 0 aromatic heterocycles. The van der Waals surface area contributed by atoms with Crippen LogP contribution >= 0.6 is 0 Å². The average Bonchev–Trinajstić information content (AvgIpc) is 2.30. The van der Waals surface area contributed by atoms with Gasteiger partial charge in [0.15, 0.2) is 0 Å². The zero-order valence-corrected chi connectivity index (χ0v) is 8.65. The van der Waals surface area contributed by atoms with Crippen molar-refractivity contribution >= 4 is 5.91 Å². The molecule has 1 aromatic rings. The van der Waals surface area contributed by atoms with E-state index in [9.17, 15) is 4.79 Å². The number of carbonyl (C=O) groups excluding carboxylic acids is 1. The molecule has 3 heteroatoms. The zero-order valence-electron chi connectivity index (χ0n) is 8.65. The molecule has 2 rings (SSSR count). The SMILES string of the molecule is NC(=O)C1CCNC(c2ccccc2)C1. The molecule has 2 unspecified atom stereocenters. The molecule has 3 nitrogen and oxygen atoms in total. The Labute approximate surface area is 89.7 Å². The van der Waals surface area contributed by atoms with Crippen molar-refractivity contribution in [2.24, 2.45) is 11.7 Å². The van der Waals surface area contributed by atoms with E-state index in [1.807, 2.05) is 18.2 Å². The van der Waals surface area contributed by atoms with Crippen LogP contribution < -0.4 is 11.1 Å². The van der Waals surface area contributed by atoms with Gasteiger partial charge in [-0.1, -0.05) is 30.3 Å². The van der Waals surface area contributed by atoms with Crippen LogP contribution in [0, 0.1) is 5.92 Å². The summed E-state index contributed by atoms with van der Waals surface area (Å²) in [5, 5.41) is 3.41. The second-order valence-electron chi connectivity index (χ2n) is 4.04. The van der Waals surface area contributed by atoms with Crippen molar-refractivity contribution in [2.45, 2.75) is 18.9 Å². The topological polar surface area (TPSA) is 55.1 Å². The molecule has 2 atom stereocenters. The predicted molar refractivity (Wildman–Crippen MR) is 59.1 cm³/mol. The van der Waals surface area contributed by atoms with Crippen molar-refractivity contribution in [1.82, 2.24) is 5.32 Å². The minimum Gasteiger partial charge on any atom is -0.369 e. The number of rotatable bonds is 2. The quantitative estimate of drug-likeness (QED) is 0.761. The van der Waals surface area contributed by atoms with Gasteiger partial charge in [-0.05, 0) is 24.9 Å². The van der Waals surface area contributed by atoms with E-state index < -0.39 is 0 Å². The molecule has 1 aliphatic heterocycles. The summed E-state index contributed by atoms with van der Waals surface area (Å²) in [6.45, 7) is 0.868. The maximum Gasteiger partial charge on any atom is 0.220 e. The first-order valence-electron chi connectivity index (χ1n) is 5.35. The molecule has 1 aliphatic rings. The molecule has 0 radical (unpaired) electrons. The lowest BCUT2D eigenvalue weighted by Crippen LogP contribution is -2.37. The van der Waals surface area contributed by atoms with E-state index >= 15 is 0 Å². The fourth-order valence-corrected chi connectivity index (χ4v) is 2.12. The first-order chi connectivity index (χ1) is 7.27. The number of hydrogen-bond acceptors (Lipinski definition) is 2. The van der Waals surface area contributed by atoms with E-state index in [0.29, 0.717) is 0 Å². The van der Waals surface area contributed by atoms with Crippen LogP contribution in [-0.2, 0) is 4.79 Å². The van der Waals surface area contributed by atoms with E-state index in [1.165, 1.54) is 5.56 Å². The van der Waals surface area contributed by atoms with Crippen LogP contribution in [0.3, 0.4) is 0 Å². The number of amides is 1. The molecule has 0 saturated carbocycles. The fraction of sp³-hybridized carbons (Fsp3) is 0.417. The Hall–Kier alpha value is -1.35. The zero-order chi connectivity index (χ0) is 10.7. The smallest absolute Gasteiger partial charge is 0.220 e. The standard InChI is InChI=1S/C12H16N2O/c13-12(15)10-6-7-14-11(8-10)9-4-2-1-3-5-9/h1-5,10-11,14H,6-8H2,(H2,13,15). The van der Waals surface area contributed by atoms with Gasteiger partial charge < -0.3 is 11.1 Å². The highest BCUT2D eigenvalue weighted by Crippen LogP contribution is 2.26. The van der Waals surface area contributed by atoms with E-state index in [-0.39, 0.29) is 17.9 Å². The minimum atomic E-state index is -0.169. The summed E-state index contributed by atoms with van der Waals surface area (Å²) in [5.74, 6) is -0.145. The normalized spacial score (nSPS) is 26.1. The summed E-state index contributed by atoms with van der Waals surface area (Å²) in [5.41, 5.74) is 6.58. The summed E-state index contributed by atoms with van der Waals surface area (Å²) in [7, 11) is 0. The van der Waals surface area contributed by atoms with E-state index in [1.54, 1.807) is 0 Å². The molecule has 15 heavy (non-hydrogen) atoms. The predicted octanol–water partition coefficient (Wildman–Crippen LogP) is 1.21. The number of primary amides is 1. The lowest BCUT2D eigenvalue weighted by molar-refractivity contribution is -0.122. The molecule has 0 spiro atoms. The number of hydrogen-bond donors (Lipinski definition) is 2.